The van der Waals surface area contributed by atoms with Crippen LogP contribution in [-0.4, -0.2) is 77.2 Å². The van der Waals surface area contributed by atoms with Gasteiger partial charge in [-0.05, 0) is 89.0 Å². The normalized spacial score (nSPS) is 16.3. The van der Waals surface area contributed by atoms with Crippen LogP contribution in [0.25, 0.3) is 11.3 Å². The molecule has 1 aliphatic rings. The first-order valence-corrected chi connectivity index (χ1v) is 15.2. The largest absolute Gasteiger partial charge is 0.391 e. The topological polar surface area (TPSA) is 77.2 Å². The Hall–Kier alpha value is -3.08. The van der Waals surface area contributed by atoms with Gasteiger partial charge in [0.1, 0.15) is 17.5 Å². The number of carbonyl (C=O) groups excluding carboxylic acids is 1. The molecular formula is C31H43FN6O2S. The van der Waals surface area contributed by atoms with E-state index in [1.807, 2.05) is 30.9 Å². The van der Waals surface area contributed by atoms with Gasteiger partial charge in [0.05, 0.1) is 23.7 Å². The van der Waals surface area contributed by atoms with Gasteiger partial charge in [-0.1, -0.05) is 24.3 Å². The summed E-state index contributed by atoms with van der Waals surface area (Å²) in [5.74, 6) is 0.248. The van der Waals surface area contributed by atoms with Gasteiger partial charge in [-0.3, -0.25) is 9.79 Å². The smallest absolute Gasteiger partial charge is 0.236 e. The molecule has 0 saturated carbocycles. The number of aliphatic hydroxyl groups is 1. The van der Waals surface area contributed by atoms with Gasteiger partial charge in [0, 0.05) is 37.9 Å². The van der Waals surface area contributed by atoms with Gasteiger partial charge in [0.25, 0.3) is 0 Å². The summed E-state index contributed by atoms with van der Waals surface area (Å²) in [7, 11) is 5.85. The monoisotopic (exact) mass is 582 g/mol. The Morgan fingerprint density at radius 3 is 2.44 bits per heavy atom. The SMILES string of the molecule is CCC(C)N=c1ccc(C2CCN(C(=O)CN(C)C)CC2)cn1C(C)N(C)c1nc(-c2ccc(F)cc2)c(CO)s1. The predicted octanol–water partition coefficient (Wildman–Crippen LogP) is 4.86. The molecule has 0 radical (unpaired) electrons. The van der Waals surface area contributed by atoms with Crippen molar-refractivity contribution in [2.75, 3.05) is 45.7 Å². The van der Waals surface area contributed by atoms with E-state index in [-0.39, 0.29) is 30.5 Å². The number of hydrogen-bond donors (Lipinski definition) is 1. The molecule has 1 aromatic carbocycles. The second-order valence-corrected chi connectivity index (χ2v) is 12.2. The number of rotatable bonds is 10. The lowest BCUT2D eigenvalue weighted by Gasteiger charge is -2.34. The molecule has 1 N–H and O–H groups in total. The van der Waals surface area contributed by atoms with E-state index in [4.69, 9.17) is 9.98 Å². The molecule has 3 aromatic rings. The van der Waals surface area contributed by atoms with Crippen molar-refractivity contribution in [1.29, 1.82) is 0 Å². The molecule has 1 aliphatic heterocycles. The molecule has 41 heavy (non-hydrogen) atoms. The molecule has 10 heteroatoms. The fourth-order valence-corrected chi connectivity index (χ4v) is 6.08. The van der Waals surface area contributed by atoms with E-state index < -0.39 is 0 Å². The maximum Gasteiger partial charge on any atom is 0.236 e. The molecule has 1 saturated heterocycles. The van der Waals surface area contributed by atoms with Crippen LogP contribution in [0.1, 0.15) is 62.6 Å². The second-order valence-electron chi connectivity index (χ2n) is 11.2. The number of hydrogen-bond acceptors (Lipinski definition) is 7. The number of likely N-dealkylation sites (tertiary alicyclic amines) is 1. The summed E-state index contributed by atoms with van der Waals surface area (Å²) in [5.41, 5.74) is 3.59. The number of anilines is 1. The number of nitrogens with zero attached hydrogens (tertiary/aromatic N) is 6. The highest BCUT2D eigenvalue weighted by Crippen LogP contribution is 2.35. The molecule has 0 bridgehead atoms. The van der Waals surface area contributed by atoms with Crippen LogP contribution < -0.4 is 10.4 Å². The number of halogens is 1. The average Bonchev–Trinajstić information content (AvgIpc) is 3.41. The van der Waals surface area contributed by atoms with Crippen LogP contribution in [0.3, 0.4) is 0 Å². The molecule has 8 nitrogen and oxygen atoms in total. The fourth-order valence-electron chi connectivity index (χ4n) is 5.10. The maximum atomic E-state index is 13.5. The van der Waals surface area contributed by atoms with E-state index in [0.29, 0.717) is 18.2 Å². The number of aromatic nitrogens is 2. The van der Waals surface area contributed by atoms with E-state index in [2.05, 4.69) is 48.6 Å². The Labute approximate surface area is 246 Å². The predicted molar refractivity (Wildman–Crippen MR) is 163 cm³/mol. The van der Waals surface area contributed by atoms with Gasteiger partial charge in [-0.25, -0.2) is 9.37 Å². The minimum Gasteiger partial charge on any atom is -0.391 e. The van der Waals surface area contributed by atoms with E-state index in [1.165, 1.54) is 29.0 Å². The number of thiazole rings is 1. The van der Waals surface area contributed by atoms with E-state index in [1.54, 1.807) is 12.1 Å². The number of carbonyl (C=O) groups is 1. The molecule has 1 amide bonds. The highest BCUT2D eigenvalue weighted by molar-refractivity contribution is 7.16. The first-order chi connectivity index (χ1) is 19.6. The van der Waals surface area contributed by atoms with Gasteiger partial charge >= 0.3 is 0 Å². The first kappa shape index (κ1) is 30.9. The van der Waals surface area contributed by atoms with Gasteiger partial charge < -0.3 is 24.4 Å². The van der Waals surface area contributed by atoms with Crippen LogP contribution in [0.2, 0.25) is 0 Å². The van der Waals surface area contributed by atoms with Crippen molar-refractivity contribution in [3.05, 3.63) is 64.3 Å². The molecule has 1 fully saturated rings. The molecule has 2 atom stereocenters. The van der Waals surface area contributed by atoms with Gasteiger partial charge in [-0.15, -0.1) is 0 Å². The Morgan fingerprint density at radius 2 is 1.83 bits per heavy atom. The summed E-state index contributed by atoms with van der Waals surface area (Å²) in [6.07, 6.45) is 4.90. The van der Waals surface area contributed by atoms with Crippen molar-refractivity contribution in [3.8, 4) is 11.3 Å². The van der Waals surface area contributed by atoms with Crippen molar-refractivity contribution in [2.24, 2.45) is 4.99 Å². The van der Waals surface area contributed by atoms with E-state index >= 15 is 0 Å². The number of pyridine rings is 1. The number of amides is 1. The lowest BCUT2D eigenvalue weighted by Crippen LogP contribution is -2.42. The van der Waals surface area contributed by atoms with Gasteiger partial charge in [0.2, 0.25) is 5.91 Å². The van der Waals surface area contributed by atoms with Gasteiger partial charge in [0.15, 0.2) is 5.13 Å². The summed E-state index contributed by atoms with van der Waals surface area (Å²) in [6, 6.07) is 10.7. The number of aliphatic hydroxyl groups excluding tert-OH is 1. The molecule has 0 spiro atoms. The lowest BCUT2D eigenvalue weighted by atomic mass is 9.90. The Kier molecular flexibility index (Phi) is 10.3. The second kappa shape index (κ2) is 13.7. The average molecular weight is 583 g/mol. The fraction of sp³-hybridized carbons (Fsp3) is 0.516. The Bertz CT molecular complexity index is 1380. The molecule has 0 aliphatic carbocycles. The summed E-state index contributed by atoms with van der Waals surface area (Å²) in [6.45, 7) is 8.21. The maximum absolute atomic E-state index is 13.5. The third-order valence-corrected chi connectivity index (χ3v) is 9.03. The minimum absolute atomic E-state index is 0.113. The summed E-state index contributed by atoms with van der Waals surface area (Å²) in [5, 5.41) is 10.8. The van der Waals surface area contributed by atoms with Crippen molar-refractivity contribution in [3.63, 3.8) is 0 Å². The standard InChI is InChI=1S/C31H43FN6O2S/c1-7-21(2)33-28-13-10-25(23-14-16-37(17-15-23)29(40)19-35(4)5)18-38(28)22(3)36(6)31-34-30(27(20-39)41-31)24-8-11-26(32)12-9-24/h8-13,18,21-23,39H,7,14-17,19-20H2,1-6H3. The van der Waals surface area contributed by atoms with E-state index in [9.17, 15) is 14.3 Å². The van der Waals surface area contributed by atoms with E-state index in [0.717, 1.165) is 53.4 Å². The number of likely N-dealkylation sites (N-methyl/N-ethyl adjacent to an activating group) is 1. The minimum atomic E-state index is -0.305. The van der Waals surface area contributed by atoms with Crippen molar-refractivity contribution < 1.29 is 14.3 Å². The first-order valence-electron chi connectivity index (χ1n) is 14.4. The quantitative estimate of drug-likeness (QED) is 0.369. The molecule has 222 valence electrons. The van der Waals surface area contributed by atoms with Gasteiger partial charge in [-0.2, -0.15) is 0 Å². The van der Waals surface area contributed by atoms with Crippen molar-refractivity contribution >= 4 is 22.4 Å². The number of piperidine rings is 1. The summed E-state index contributed by atoms with van der Waals surface area (Å²) in [4.78, 5) is 29.2. The van der Waals surface area contributed by atoms with Crippen LogP contribution in [0, 0.1) is 5.82 Å². The third kappa shape index (κ3) is 7.42. The highest BCUT2D eigenvalue weighted by Gasteiger charge is 2.26. The zero-order chi connectivity index (χ0) is 29.7. The molecular weight excluding hydrogens is 539 g/mol. The molecule has 2 unspecified atom stereocenters. The lowest BCUT2D eigenvalue weighted by molar-refractivity contribution is -0.132. The zero-order valence-corrected chi connectivity index (χ0v) is 25.9. The van der Waals surface area contributed by atoms with Crippen LogP contribution in [-0.2, 0) is 11.4 Å². The Balaban J connectivity index is 1.62. The van der Waals surface area contributed by atoms with Crippen molar-refractivity contribution in [2.45, 2.75) is 64.8 Å². The summed E-state index contributed by atoms with van der Waals surface area (Å²) >= 11 is 1.44. The molecule has 3 heterocycles. The highest BCUT2D eigenvalue weighted by atomic mass is 32.1. The van der Waals surface area contributed by atoms with Crippen molar-refractivity contribution in [1.82, 2.24) is 19.4 Å². The Morgan fingerprint density at radius 1 is 1.15 bits per heavy atom. The number of benzene rings is 1. The molecule has 4 rings (SSSR count). The van der Waals surface area contributed by atoms with Crippen LogP contribution in [0.15, 0.2) is 47.6 Å². The zero-order valence-electron chi connectivity index (χ0n) is 25.0. The third-order valence-electron chi connectivity index (χ3n) is 7.90. The van der Waals surface area contributed by atoms with Crippen LogP contribution >= 0.6 is 11.3 Å². The van der Waals surface area contributed by atoms with Crippen LogP contribution in [0.5, 0.6) is 0 Å². The summed E-state index contributed by atoms with van der Waals surface area (Å²) < 4.78 is 15.7. The molecule has 2 aromatic heterocycles. The van der Waals surface area contributed by atoms with Crippen LogP contribution in [0.4, 0.5) is 9.52 Å².